The average molecular weight is 276 g/mol. The molecule has 2 aliphatic rings. The summed E-state index contributed by atoms with van der Waals surface area (Å²) in [4.78, 5) is 12.5. The Hall–Kier alpha value is -1.32. The Morgan fingerprint density at radius 3 is 2.85 bits per heavy atom. The van der Waals surface area contributed by atoms with E-state index in [9.17, 15) is 4.79 Å². The molecule has 2 bridgehead atoms. The summed E-state index contributed by atoms with van der Waals surface area (Å²) in [6.45, 7) is 5.95. The molecule has 4 unspecified atom stereocenters. The zero-order chi connectivity index (χ0) is 14.3. The highest BCUT2D eigenvalue weighted by atomic mass is 16.5. The number of hydrogen-bond acceptors (Lipinski definition) is 3. The molecule has 2 aliphatic carbocycles. The summed E-state index contributed by atoms with van der Waals surface area (Å²) in [5.41, 5.74) is 1.41. The largest absolute Gasteiger partial charge is 0.361 e. The monoisotopic (exact) mass is 276 g/mol. The third kappa shape index (κ3) is 2.25. The van der Waals surface area contributed by atoms with Crippen molar-refractivity contribution in [2.75, 3.05) is 0 Å². The van der Waals surface area contributed by atoms with E-state index in [1.54, 1.807) is 0 Å². The van der Waals surface area contributed by atoms with E-state index in [1.165, 1.54) is 25.7 Å². The van der Waals surface area contributed by atoms with Gasteiger partial charge in [0.2, 0.25) is 0 Å². The van der Waals surface area contributed by atoms with Crippen LogP contribution in [0.2, 0.25) is 0 Å². The Morgan fingerprint density at radius 1 is 1.45 bits per heavy atom. The minimum Gasteiger partial charge on any atom is -0.361 e. The van der Waals surface area contributed by atoms with E-state index in [4.69, 9.17) is 4.52 Å². The van der Waals surface area contributed by atoms with Crippen LogP contribution in [0.5, 0.6) is 0 Å². The van der Waals surface area contributed by atoms with Crippen molar-refractivity contribution in [2.24, 2.45) is 17.8 Å². The summed E-state index contributed by atoms with van der Waals surface area (Å²) >= 11 is 0. The van der Waals surface area contributed by atoms with Crippen LogP contribution in [-0.2, 0) is 6.42 Å². The van der Waals surface area contributed by atoms with Crippen molar-refractivity contribution in [3.8, 4) is 0 Å². The molecule has 1 aromatic heterocycles. The molecule has 20 heavy (non-hydrogen) atoms. The Kier molecular flexibility index (Phi) is 3.57. The summed E-state index contributed by atoms with van der Waals surface area (Å²) in [5.74, 6) is 3.00. The van der Waals surface area contributed by atoms with E-state index >= 15 is 0 Å². The molecule has 3 rings (SSSR count). The SMILES string of the molecule is CCc1noc(C)c1C(=O)NC(C)C1CC2CCC1C2. The summed E-state index contributed by atoms with van der Waals surface area (Å²) in [7, 11) is 0. The number of aromatic nitrogens is 1. The highest BCUT2D eigenvalue weighted by molar-refractivity contribution is 5.96. The first kappa shape index (κ1) is 13.7. The van der Waals surface area contributed by atoms with E-state index < -0.39 is 0 Å². The fourth-order valence-electron chi connectivity index (χ4n) is 4.24. The van der Waals surface area contributed by atoms with Gasteiger partial charge in [0.05, 0.1) is 5.69 Å². The summed E-state index contributed by atoms with van der Waals surface area (Å²) in [6.07, 6.45) is 6.13. The van der Waals surface area contributed by atoms with Gasteiger partial charge in [-0.2, -0.15) is 0 Å². The molecule has 0 spiro atoms. The maximum Gasteiger partial charge on any atom is 0.257 e. The highest BCUT2D eigenvalue weighted by Gasteiger charge is 2.42. The van der Waals surface area contributed by atoms with Gasteiger partial charge in [-0.3, -0.25) is 4.79 Å². The van der Waals surface area contributed by atoms with Crippen molar-refractivity contribution in [3.05, 3.63) is 17.0 Å². The number of hydrogen-bond donors (Lipinski definition) is 1. The third-order valence-corrected chi connectivity index (χ3v) is 5.29. The van der Waals surface area contributed by atoms with E-state index in [1.807, 2.05) is 13.8 Å². The zero-order valence-corrected chi connectivity index (χ0v) is 12.6. The van der Waals surface area contributed by atoms with Gasteiger partial charge >= 0.3 is 0 Å². The normalized spacial score (nSPS) is 29.6. The van der Waals surface area contributed by atoms with Crippen molar-refractivity contribution in [3.63, 3.8) is 0 Å². The topological polar surface area (TPSA) is 55.1 Å². The molecule has 0 radical (unpaired) electrons. The standard InChI is InChI=1S/C16H24N2O2/c1-4-14-15(10(3)20-18-14)16(19)17-9(2)13-8-11-5-6-12(13)7-11/h9,11-13H,4-8H2,1-3H3,(H,17,19). The number of nitrogens with zero attached hydrogens (tertiary/aromatic N) is 1. The van der Waals surface area contributed by atoms with Crippen LogP contribution in [0.1, 0.15) is 61.3 Å². The Bertz CT molecular complexity index is 509. The minimum atomic E-state index is -0.0177. The van der Waals surface area contributed by atoms with Gasteiger partial charge in [0.15, 0.2) is 0 Å². The number of carbonyl (C=O) groups excluding carboxylic acids is 1. The van der Waals surface area contributed by atoms with Crippen molar-refractivity contribution in [1.82, 2.24) is 10.5 Å². The first-order chi connectivity index (χ1) is 9.60. The summed E-state index contributed by atoms with van der Waals surface area (Å²) in [5, 5.41) is 7.15. The lowest BCUT2D eigenvalue weighted by Gasteiger charge is -2.28. The molecule has 1 amide bonds. The van der Waals surface area contributed by atoms with Crippen molar-refractivity contribution < 1.29 is 9.32 Å². The third-order valence-electron chi connectivity index (χ3n) is 5.29. The molecule has 2 saturated carbocycles. The fourth-order valence-corrected chi connectivity index (χ4v) is 4.24. The first-order valence-electron chi connectivity index (χ1n) is 7.86. The second-order valence-corrected chi connectivity index (χ2v) is 6.51. The first-order valence-corrected chi connectivity index (χ1v) is 7.86. The van der Waals surface area contributed by atoms with Gasteiger partial charge < -0.3 is 9.84 Å². The Morgan fingerprint density at radius 2 is 2.25 bits per heavy atom. The van der Waals surface area contributed by atoms with E-state index in [-0.39, 0.29) is 11.9 Å². The number of nitrogens with one attached hydrogen (secondary N) is 1. The molecule has 4 heteroatoms. The Labute approximate surface area is 120 Å². The summed E-state index contributed by atoms with van der Waals surface area (Å²) < 4.78 is 5.15. The number of carbonyl (C=O) groups is 1. The minimum absolute atomic E-state index is 0.0177. The van der Waals surface area contributed by atoms with Gasteiger partial charge in [-0.05, 0) is 57.3 Å². The number of fused-ring (bicyclic) bond motifs is 2. The van der Waals surface area contributed by atoms with Gasteiger partial charge in [-0.1, -0.05) is 18.5 Å². The van der Waals surface area contributed by atoms with Crippen LogP contribution in [0, 0.1) is 24.7 Å². The Balaban J connectivity index is 1.68. The average Bonchev–Trinajstić information content (AvgIpc) is 3.12. The van der Waals surface area contributed by atoms with Gasteiger partial charge in [0.1, 0.15) is 11.3 Å². The van der Waals surface area contributed by atoms with Crippen LogP contribution < -0.4 is 5.32 Å². The van der Waals surface area contributed by atoms with Crippen LogP contribution in [0.25, 0.3) is 0 Å². The fraction of sp³-hybridized carbons (Fsp3) is 0.750. The summed E-state index contributed by atoms with van der Waals surface area (Å²) in [6, 6.07) is 0.247. The maximum atomic E-state index is 12.5. The molecular weight excluding hydrogens is 252 g/mol. The molecule has 1 aromatic rings. The maximum absolute atomic E-state index is 12.5. The predicted molar refractivity (Wildman–Crippen MR) is 76.5 cm³/mol. The van der Waals surface area contributed by atoms with Gasteiger partial charge in [-0.15, -0.1) is 0 Å². The second kappa shape index (κ2) is 5.23. The van der Waals surface area contributed by atoms with Gasteiger partial charge in [0, 0.05) is 6.04 Å². The zero-order valence-electron chi connectivity index (χ0n) is 12.6. The van der Waals surface area contributed by atoms with Crippen molar-refractivity contribution >= 4 is 5.91 Å². The number of aryl methyl sites for hydroxylation is 2. The number of rotatable bonds is 4. The van der Waals surface area contributed by atoms with E-state index in [0.717, 1.165) is 24.0 Å². The van der Waals surface area contributed by atoms with E-state index in [0.29, 0.717) is 17.2 Å². The smallest absolute Gasteiger partial charge is 0.257 e. The van der Waals surface area contributed by atoms with Crippen molar-refractivity contribution in [2.45, 2.75) is 58.9 Å². The molecule has 0 aromatic carbocycles. The van der Waals surface area contributed by atoms with Crippen LogP contribution >= 0.6 is 0 Å². The lowest BCUT2D eigenvalue weighted by Crippen LogP contribution is -2.40. The number of amides is 1. The molecule has 0 saturated heterocycles. The molecule has 0 aliphatic heterocycles. The van der Waals surface area contributed by atoms with Gasteiger partial charge in [-0.25, -0.2) is 0 Å². The van der Waals surface area contributed by atoms with Crippen LogP contribution in [0.15, 0.2) is 4.52 Å². The van der Waals surface area contributed by atoms with Gasteiger partial charge in [0.25, 0.3) is 5.91 Å². The van der Waals surface area contributed by atoms with Crippen LogP contribution in [0.3, 0.4) is 0 Å². The molecule has 1 N–H and O–H groups in total. The van der Waals surface area contributed by atoms with Crippen LogP contribution in [0.4, 0.5) is 0 Å². The molecule has 4 nitrogen and oxygen atoms in total. The van der Waals surface area contributed by atoms with E-state index in [2.05, 4.69) is 17.4 Å². The van der Waals surface area contributed by atoms with Crippen molar-refractivity contribution in [1.29, 1.82) is 0 Å². The molecular formula is C16H24N2O2. The highest BCUT2D eigenvalue weighted by Crippen LogP contribution is 2.49. The second-order valence-electron chi connectivity index (χ2n) is 6.51. The molecule has 1 heterocycles. The lowest BCUT2D eigenvalue weighted by atomic mass is 9.84. The molecule has 4 atom stereocenters. The molecule has 2 fully saturated rings. The predicted octanol–water partition coefficient (Wildman–Crippen LogP) is 3.10. The quantitative estimate of drug-likeness (QED) is 0.919. The van der Waals surface area contributed by atoms with Crippen LogP contribution in [-0.4, -0.2) is 17.1 Å². The molecule has 110 valence electrons. The lowest BCUT2D eigenvalue weighted by molar-refractivity contribution is 0.0913.